The quantitative estimate of drug-likeness (QED) is 0.391. The molecule has 54 valence electrons. The van der Waals surface area contributed by atoms with Gasteiger partial charge < -0.3 is 0 Å². The van der Waals surface area contributed by atoms with E-state index >= 15 is 0 Å². The molecular weight excluding hydrogens is 127 g/mol. The molecule has 1 atom stereocenters. The summed E-state index contributed by atoms with van der Waals surface area (Å²) >= 11 is 0. The summed E-state index contributed by atoms with van der Waals surface area (Å²) in [5, 5.41) is 0.397. The van der Waals surface area contributed by atoms with Gasteiger partial charge in [0.25, 0.3) is 0 Å². The smallest absolute Gasteiger partial charge is 0.0888 e. The highest BCUT2D eigenvalue weighted by molar-refractivity contribution is 7.60. The lowest BCUT2D eigenvalue weighted by Crippen LogP contribution is -2.08. The molecule has 1 heteroatoms. The summed E-state index contributed by atoms with van der Waals surface area (Å²) in [6.45, 7) is 11.1. The second-order valence-electron chi connectivity index (χ2n) is 3.55. The SMILES string of the molecule is C=[P+]([C-](C)C)C(C)(C)C. The van der Waals surface area contributed by atoms with E-state index in [2.05, 4.69) is 40.9 Å². The summed E-state index contributed by atoms with van der Waals surface area (Å²) < 4.78 is 0. The minimum atomic E-state index is -0.114. The highest BCUT2D eigenvalue weighted by Gasteiger charge is 2.20. The molecule has 9 heavy (non-hydrogen) atoms. The summed E-state index contributed by atoms with van der Waals surface area (Å²) in [5.41, 5.74) is 1.48. The first kappa shape index (κ1) is 9.17. The van der Waals surface area contributed by atoms with Gasteiger partial charge in [-0.1, -0.05) is 7.55 Å². The first-order valence-electron chi connectivity index (χ1n) is 3.26. The van der Waals surface area contributed by atoms with Crippen LogP contribution in [-0.2, 0) is 0 Å². The van der Waals surface area contributed by atoms with Crippen LogP contribution in [0.2, 0.25) is 0 Å². The van der Waals surface area contributed by atoms with Crippen molar-refractivity contribution in [2.24, 2.45) is 0 Å². The fourth-order valence-electron chi connectivity index (χ4n) is 0.671. The van der Waals surface area contributed by atoms with E-state index in [4.69, 9.17) is 0 Å². The third-order valence-electron chi connectivity index (χ3n) is 1.35. The zero-order chi connectivity index (χ0) is 7.65. The van der Waals surface area contributed by atoms with Crippen LogP contribution in [0, 0.1) is 5.66 Å². The Balaban J connectivity index is 4.06. The van der Waals surface area contributed by atoms with Crippen LogP contribution in [0.5, 0.6) is 0 Å². The topological polar surface area (TPSA) is 0 Å². The van der Waals surface area contributed by atoms with Gasteiger partial charge in [-0.15, -0.1) is 19.5 Å². The van der Waals surface area contributed by atoms with Crippen LogP contribution in [0.4, 0.5) is 0 Å². The van der Waals surface area contributed by atoms with Crippen LogP contribution in [0.15, 0.2) is 0 Å². The van der Waals surface area contributed by atoms with E-state index in [1.807, 2.05) is 0 Å². The van der Waals surface area contributed by atoms with E-state index in [9.17, 15) is 0 Å². The molecule has 0 nitrogen and oxygen atoms in total. The molecule has 0 heterocycles. The van der Waals surface area contributed by atoms with Gasteiger partial charge in [0.05, 0.1) is 5.16 Å². The Morgan fingerprint density at radius 1 is 1.22 bits per heavy atom. The molecular formula is C8H17P. The Morgan fingerprint density at radius 3 is 1.56 bits per heavy atom. The Kier molecular flexibility index (Phi) is 2.89. The molecule has 0 aromatic rings. The van der Waals surface area contributed by atoms with Crippen LogP contribution in [0.25, 0.3) is 0 Å². The van der Waals surface area contributed by atoms with Gasteiger partial charge in [-0.2, -0.15) is 0 Å². The summed E-state index contributed by atoms with van der Waals surface area (Å²) in [7, 11) is -0.114. The van der Waals surface area contributed by atoms with Gasteiger partial charge in [-0.05, 0) is 20.8 Å². The minimum absolute atomic E-state index is 0.114. The molecule has 0 amide bonds. The number of hydrogen-bond donors (Lipinski definition) is 0. The summed E-state index contributed by atoms with van der Waals surface area (Å²) in [6, 6.07) is 0. The molecule has 1 unspecified atom stereocenters. The van der Waals surface area contributed by atoms with E-state index < -0.39 is 0 Å². The number of hydrogen-bond acceptors (Lipinski definition) is 0. The van der Waals surface area contributed by atoms with Crippen LogP contribution in [0.3, 0.4) is 0 Å². The van der Waals surface area contributed by atoms with Gasteiger partial charge in [-0.3, -0.25) is 0 Å². The summed E-state index contributed by atoms with van der Waals surface area (Å²) in [6.07, 6.45) is 4.14. The molecule has 0 aliphatic rings. The molecule has 0 aromatic heterocycles. The van der Waals surface area contributed by atoms with Crippen molar-refractivity contribution in [1.29, 1.82) is 0 Å². The van der Waals surface area contributed by atoms with Gasteiger partial charge in [0.2, 0.25) is 0 Å². The largest absolute Gasteiger partial charge is 0.148 e. The molecule has 0 N–H and O–H groups in total. The van der Waals surface area contributed by atoms with E-state index in [0.717, 1.165) is 0 Å². The van der Waals surface area contributed by atoms with Crippen LogP contribution >= 0.6 is 7.55 Å². The maximum absolute atomic E-state index is 4.14. The Hall–Kier alpha value is 0.170. The summed E-state index contributed by atoms with van der Waals surface area (Å²) in [5.74, 6) is 0. The zero-order valence-electron chi connectivity index (χ0n) is 7.15. The first-order chi connectivity index (χ1) is 3.85. The average molecular weight is 144 g/mol. The highest BCUT2D eigenvalue weighted by atomic mass is 31.1. The second-order valence-corrected chi connectivity index (χ2v) is 6.64. The monoisotopic (exact) mass is 144 g/mol. The highest BCUT2D eigenvalue weighted by Crippen LogP contribution is 2.45. The summed E-state index contributed by atoms with van der Waals surface area (Å²) in [4.78, 5) is 0. The Labute approximate surface area is 60.1 Å². The molecule has 0 saturated carbocycles. The minimum Gasteiger partial charge on any atom is -0.148 e. The van der Waals surface area contributed by atoms with Crippen molar-refractivity contribution >= 4 is 13.8 Å². The third-order valence-corrected chi connectivity index (χ3v) is 4.05. The normalized spacial score (nSPS) is 14.2. The lowest BCUT2D eigenvalue weighted by atomic mass is 10.3. The predicted octanol–water partition coefficient (Wildman–Crippen LogP) is 3.27. The maximum Gasteiger partial charge on any atom is 0.0888 e. The first-order valence-corrected chi connectivity index (χ1v) is 4.79. The van der Waals surface area contributed by atoms with Crippen molar-refractivity contribution in [2.45, 2.75) is 39.8 Å². The Bertz CT molecular complexity index is 106. The standard InChI is InChI=1S/C8H17P/c1-7(2)9(6)8(3,4)5/h6H2,1-5H3. The van der Waals surface area contributed by atoms with Crippen molar-refractivity contribution in [3.8, 4) is 0 Å². The lowest BCUT2D eigenvalue weighted by molar-refractivity contribution is 0.791. The van der Waals surface area contributed by atoms with E-state index in [0.29, 0.717) is 5.16 Å². The number of rotatable bonds is 1. The maximum atomic E-state index is 4.14. The molecule has 0 aliphatic heterocycles. The Morgan fingerprint density at radius 2 is 1.56 bits per heavy atom. The molecule has 0 aromatic carbocycles. The van der Waals surface area contributed by atoms with Crippen molar-refractivity contribution in [2.75, 3.05) is 0 Å². The molecule has 0 spiro atoms. The van der Waals surface area contributed by atoms with Gasteiger partial charge >= 0.3 is 0 Å². The van der Waals surface area contributed by atoms with Crippen molar-refractivity contribution in [1.82, 2.24) is 0 Å². The van der Waals surface area contributed by atoms with E-state index in [1.54, 1.807) is 0 Å². The van der Waals surface area contributed by atoms with Crippen LogP contribution < -0.4 is 0 Å². The second kappa shape index (κ2) is 2.84. The van der Waals surface area contributed by atoms with Crippen molar-refractivity contribution in [3.05, 3.63) is 5.66 Å². The van der Waals surface area contributed by atoms with Crippen LogP contribution in [-0.4, -0.2) is 11.5 Å². The molecule has 0 rings (SSSR count). The van der Waals surface area contributed by atoms with Gasteiger partial charge in [0.1, 0.15) is 0 Å². The van der Waals surface area contributed by atoms with Crippen LogP contribution in [0.1, 0.15) is 34.6 Å². The molecule has 0 bridgehead atoms. The average Bonchev–Trinajstić information content (AvgIpc) is 1.62. The molecule has 0 radical (unpaired) electrons. The van der Waals surface area contributed by atoms with Crippen molar-refractivity contribution in [3.63, 3.8) is 0 Å². The van der Waals surface area contributed by atoms with Crippen molar-refractivity contribution < 1.29 is 0 Å². The fourth-order valence-corrected chi connectivity index (χ4v) is 2.01. The van der Waals surface area contributed by atoms with Gasteiger partial charge in [0.15, 0.2) is 0 Å². The third kappa shape index (κ3) is 3.01. The molecule has 0 fully saturated rings. The zero-order valence-corrected chi connectivity index (χ0v) is 8.05. The lowest BCUT2D eigenvalue weighted by Gasteiger charge is -2.22. The predicted molar refractivity (Wildman–Crippen MR) is 48.4 cm³/mol. The van der Waals surface area contributed by atoms with Gasteiger partial charge in [0, 0.05) is 6.30 Å². The molecule has 0 saturated heterocycles. The van der Waals surface area contributed by atoms with Gasteiger partial charge in [-0.25, -0.2) is 0 Å². The fraction of sp³-hybridized carbons (Fsp3) is 0.750. The molecule has 0 aliphatic carbocycles. The van der Waals surface area contributed by atoms with E-state index in [-0.39, 0.29) is 7.55 Å². The van der Waals surface area contributed by atoms with E-state index in [1.165, 1.54) is 5.66 Å².